The van der Waals surface area contributed by atoms with E-state index in [1.54, 1.807) is 97.3 Å². The number of carbonyl (C=O) groups excluding carboxylic acids is 9. The molecule has 0 fully saturated rings. The van der Waals surface area contributed by atoms with Crippen molar-refractivity contribution in [2.75, 3.05) is 20.0 Å². The fraction of sp³-hybridized carbons (Fsp3) is 0.132. The molecule has 0 aliphatic heterocycles. The molecule has 0 saturated heterocycles. The van der Waals surface area contributed by atoms with Crippen LogP contribution in [-0.2, 0) is 47.5 Å². The summed E-state index contributed by atoms with van der Waals surface area (Å²) < 4.78 is 220. The van der Waals surface area contributed by atoms with Gasteiger partial charge in [0.15, 0.2) is 11.6 Å². The summed E-state index contributed by atoms with van der Waals surface area (Å²) in [5.41, 5.74) is 1.01. The van der Waals surface area contributed by atoms with Crippen molar-refractivity contribution in [3.8, 4) is 0 Å². The van der Waals surface area contributed by atoms with Gasteiger partial charge in [0.1, 0.15) is 98.7 Å². The van der Waals surface area contributed by atoms with Gasteiger partial charge in [0.2, 0.25) is 15.0 Å². The molecule has 8 aromatic rings. The van der Waals surface area contributed by atoms with Crippen LogP contribution in [0.4, 0.5) is 81.6 Å². The summed E-state index contributed by atoms with van der Waals surface area (Å²) in [6.45, 7) is 5.83. The molecule has 7 N–H and O–H groups in total. The molecule has 1 unspecified atom stereocenters. The topological polar surface area (TPSA) is 428 Å². The minimum atomic E-state index is -1.75. The van der Waals surface area contributed by atoms with E-state index in [-0.39, 0.29) is 81.4 Å². The highest BCUT2D eigenvalue weighted by Crippen LogP contribution is 2.28. The lowest BCUT2D eigenvalue weighted by Gasteiger charge is -2.10. The van der Waals surface area contributed by atoms with E-state index in [0.717, 1.165) is 61.7 Å². The zero-order valence-electron chi connectivity index (χ0n) is 58.8. The number of rotatable bonds is 12. The van der Waals surface area contributed by atoms with Crippen LogP contribution in [0.5, 0.6) is 0 Å². The largest absolute Gasteiger partial charge is 0.478 e. The Hall–Kier alpha value is -8.94. The number of hydrogen-bond donors (Lipinski definition) is 6. The van der Waals surface area contributed by atoms with E-state index in [2.05, 4.69) is 30.8 Å². The molecule has 8 aromatic carbocycles. The fourth-order valence-corrected chi connectivity index (χ4v) is 10.3. The second-order valence-electron chi connectivity index (χ2n) is 20.0. The first-order valence-corrected chi connectivity index (χ1v) is 37.8. The molecule has 0 aliphatic rings. The number of nitrogens with two attached hydrogens (primary N) is 1. The Kier molecular flexibility index (Phi) is 57.6. The van der Waals surface area contributed by atoms with Gasteiger partial charge in [0.25, 0.3) is 5.24 Å². The fourth-order valence-electron chi connectivity index (χ4n) is 6.85. The number of Topliss-reactive ketones (excluding diaryl/α,β-unsaturated/α-hetero) is 2. The second-order valence-corrected chi connectivity index (χ2v) is 28.2. The first-order chi connectivity index (χ1) is 54.4. The zero-order chi connectivity index (χ0) is 93.0. The highest BCUT2D eigenvalue weighted by molar-refractivity contribution is 14.1. The first kappa shape index (κ1) is 115. The predicted molar refractivity (Wildman–Crippen MR) is 422 cm³/mol. The summed E-state index contributed by atoms with van der Waals surface area (Å²) >= 11 is 13.2. The van der Waals surface area contributed by atoms with Crippen molar-refractivity contribution in [3.63, 3.8) is 0 Å². The van der Waals surface area contributed by atoms with Gasteiger partial charge in [-0.25, -0.2) is 89.2 Å². The van der Waals surface area contributed by atoms with Crippen molar-refractivity contribution in [1.29, 1.82) is 0 Å². The van der Waals surface area contributed by atoms with Crippen molar-refractivity contribution in [2.45, 2.75) is 40.2 Å². The molecular formula is C68H46Cl3F16I5N2O23S. The normalized spacial score (nSPS) is 10.0. The van der Waals surface area contributed by atoms with E-state index in [0.29, 0.717) is 48.9 Å². The number of nitro groups is 1. The molecule has 0 aliphatic carbocycles. The van der Waals surface area contributed by atoms with Gasteiger partial charge in [-0.15, -0.1) is 0 Å². The summed E-state index contributed by atoms with van der Waals surface area (Å²) in [6, 6.07) is 12.3. The molecule has 0 saturated carbocycles. The van der Waals surface area contributed by atoms with E-state index >= 15 is 0 Å². The Morgan fingerprint density at radius 2 is 0.754 bits per heavy atom. The van der Waals surface area contributed by atoms with Crippen LogP contribution < -0.4 is 5.73 Å². The van der Waals surface area contributed by atoms with E-state index in [1.807, 2.05) is 0 Å². The van der Waals surface area contributed by atoms with E-state index in [9.17, 15) is 124 Å². The average Bonchev–Trinajstić information content (AvgIpc) is 0.811. The summed E-state index contributed by atoms with van der Waals surface area (Å²) in [4.78, 5) is 137. The molecular weight excluding hydrogens is 2290 g/mol. The molecule has 25 nitrogen and oxygen atoms in total. The number of esters is 2. The number of carboxylic acid groups (broad SMARTS) is 4. The number of benzene rings is 8. The molecule has 2 atom stereocenters. The average molecular weight is 2340 g/mol. The summed E-state index contributed by atoms with van der Waals surface area (Å²) in [7, 11) is 9.88. The monoisotopic (exact) mass is 2330 g/mol. The highest BCUT2D eigenvalue weighted by atomic mass is 127. The van der Waals surface area contributed by atoms with Crippen molar-refractivity contribution in [3.05, 3.63) is 269 Å². The lowest BCUT2D eigenvalue weighted by Crippen LogP contribution is -2.23. The molecule has 8 rings (SSSR count). The Bertz CT molecular complexity index is 4730. The maximum atomic E-state index is 13.2. The van der Waals surface area contributed by atoms with Crippen LogP contribution in [0.2, 0.25) is 0 Å². The van der Waals surface area contributed by atoms with Gasteiger partial charge in [0, 0.05) is 87.4 Å². The van der Waals surface area contributed by atoms with Gasteiger partial charge >= 0.3 is 53.8 Å². The van der Waals surface area contributed by atoms with Crippen molar-refractivity contribution in [1.82, 2.24) is 0 Å². The molecule has 0 radical (unpaired) electrons. The number of anilines is 1. The van der Waals surface area contributed by atoms with Gasteiger partial charge in [-0.2, -0.15) is 23.6 Å². The minimum Gasteiger partial charge on any atom is -0.478 e. The number of hydrogen-bond acceptors (Lipinski definition) is 20. The Labute approximate surface area is 736 Å². The lowest BCUT2D eigenvalue weighted by atomic mass is 9.99. The molecule has 0 heterocycles. The number of aliphatic hydroxyl groups is 1. The third-order valence-electron chi connectivity index (χ3n) is 11.9. The van der Waals surface area contributed by atoms with Gasteiger partial charge < -0.3 is 40.7 Å². The number of halogens is 24. The van der Waals surface area contributed by atoms with Crippen molar-refractivity contribution < 1.29 is 177 Å². The van der Waals surface area contributed by atoms with E-state index in [4.69, 9.17) is 66.3 Å². The quantitative estimate of drug-likeness (QED) is 0.00632. The molecule has 50 heteroatoms. The van der Waals surface area contributed by atoms with Crippen LogP contribution >= 0.6 is 146 Å². The predicted octanol–water partition coefficient (Wildman–Crippen LogP) is 18.1. The molecule has 118 heavy (non-hydrogen) atoms. The van der Waals surface area contributed by atoms with E-state index < -0.39 is 183 Å². The van der Waals surface area contributed by atoms with Crippen LogP contribution in [0.1, 0.15) is 118 Å². The molecule has 0 bridgehead atoms. The van der Waals surface area contributed by atoms with Crippen LogP contribution in [0.25, 0.3) is 0 Å². The number of ether oxygens (including phenoxy) is 2. The number of carboxylic acids is 4. The SMILES string of the molecule is CC(=O)c1cc(F)cc(F)c1I.CCC(=O)OC.COC(=O)C(C)C(=O)c1cc(F)cc(F)c1I.C[C@@H](O)c1cc(F)cc(F)c1I.Nc1c(F)cc(F)cc1C(=O)O.O=C(Cl)c1cc(F)cc(F)c1I.O=C(O)c1cc(F)cc(F)c1.O=C(O)c1cc(F)cc(F)c1I.O=C(O)c1cc(F)cc(F)c1[N+](=O)[O-].O=C=O.O=C=O.O=S(Cl)Cl. The Balaban J connectivity index is -0.000000614. The van der Waals surface area contributed by atoms with Crippen LogP contribution in [0, 0.1) is 127 Å². The number of methoxy groups -OCH3 is 2. The van der Waals surface area contributed by atoms with Crippen molar-refractivity contribution >= 4 is 231 Å². The Morgan fingerprint density at radius 3 is 1.07 bits per heavy atom. The van der Waals surface area contributed by atoms with Crippen LogP contribution in [-0.4, -0.2) is 114 Å². The number of ketones is 2. The Morgan fingerprint density at radius 1 is 0.466 bits per heavy atom. The summed E-state index contributed by atoms with van der Waals surface area (Å²) in [6.07, 6.45) is 0.123. The van der Waals surface area contributed by atoms with Gasteiger partial charge in [-0.05, 0) is 205 Å². The number of nitrogens with zero attached hydrogens (tertiary/aromatic N) is 1. The van der Waals surface area contributed by atoms with E-state index in [1.165, 1.54) is 50.5 Å². The van der Waals surface area contributed by atoms with Crippen molar-refractivity contribution in [2.24, 2.45) is 5.92 Å². The third kappa shape index (κ3) is 44.2. The number of carbonyl (C=O) groups is 9. The molecule has 640 valence electrons. The maximum absolute atomic E-state index is 13.2. The first-order valence-electron chi connectivity index (χ1n) is 29.2. The summed E-state index contributed by atoms with van der Waals surface area (Å²) in [5.74, 6) is -23.1. The van der Waals surface area contributed by atoms with Gasteiger partial charge in [-0.1, -0.05) is 6.92 Å². The van der Waals surface area contributed by atoms with Crippen LogP contribution in [0.3, 0.4) is 0 Å². The highest BCUT2D eigenvalue weighted by Gasteiger charge is 2.28. The van der Waals surface area contributed by atoms with Crippen LogP contribution in [0.15, 0.2) is 103 Å². The zero-order valence-corrected chi connectivity index (χ0v) is 72.6. The standard InChI is InChI=1S/C11H9F2IO3.C8H7F2IO.C8H5F2IO.C7H2ClF2IO.C7H3F2IO2.C7H3F2NO4.C7H5F2NO2.C7H4F2O2.C4H8O2.2CO2.Cl2OS/c1-5(11(16)17-2)10(15)7-3-6(12)4-8(13)9(7)14;2*1-4(12)6-2-5(9)3-7(10)8(6)11;8-7(12)4-1-3(9)2-5(10)6(4)11;8-3-1-4(7(11)12)6(10)5(9)2-3;8-3-1-4(7(11)12)6(10(13)14)5(9)2-3;8-3-1-4(7(11)12)6(10)5(9)2-3;8-5-1-4(7(10)11)2-6(9)3-5;1-3-4(5)6-2;2*2-1-3;1-4(2)3/h3-5H,1-2H3;2-4,12H,1H3;2-3H,1H3;1-2H;1-2H,(H,11,12);1-2H,(H,11,12);1-2H,10H2,(H,11,12);1-3H,(H,10,11);3H2,1-2H3;;;/t;4-;;;;;;;;;;/m.1........../s1. The number of aromatic carboxylic acids is 4. The van der Waals surface area contributed by atoms with Gasteiger partial charge in [0.05, 0.1) is 71.0 Å². The minimum absolute atomic E-state index is 0.00949. The van der Waals surface area contributed by atoms with Gasteiger partial charge in [-0.3, -0.25) is 34.1 Å². The number of aliphatic hydroxyl groups excluding tert-OH is 1. The number of nitro benzene ring substituents is 1. The maximum Gasteiger partial charge on any atom is 0.373 e. The lowest BCUT2D eigenvalue weighted by molar-refractivity contribution is -0.387. The molecule has 0 amide bonds. The number of nitrogen functional groups attached to an aromatic ring is 1. The molecule has 0 spiro atoms. The second kappa shape index (κ2) is 58.9. The summed E-state index contributed by atoms with van der Waals surface area (Å²) in [5, 5.41) is 52.1. The third-order valence-corrected chi connectivity index (χ3v) is 17.6. The molecule has 0 aromatic heterocycles. The smallest absolute Gasteiger partial charge is 0.373 e.